The Morgan fingerprint density at radius 2 is 0.827 bits per heavy atom. The van der Waals surface area contributed by atoms with Crippen LogP contribution in [0.3, 0.4) is 0 Å². The summed E-state index contributed by atoms with van der Waals surface area (Å²) in [4.78, 5) is 14.8. The zero-order chi connectivity index (χ0) is 34.6. The Morgan fingerprint density at radius 1 is 0.365 bits per heavy atom. The third kappa shape index (κ3) is 4.76. The van der Waals surface area contributed by atoms with Gasteiger partial charge in [0.05, 0.1) is 33.7 Å². The van der Waals surface area contributed by atoms with Crippen LogP contribution in [0, 0.1) is 11.3 Å². The van der Waals surface area contributed by atoms with E-state index in [-0.39, 0.29) is 0 Å². The van der Waals surface area contributed by atoms with Crippen LogP contribution in [0.1, 0.15) is 5.56 Å². The molecule has 3 aromatic heterocycles. The van der Waals surface area contributed by atoms with E-state index in [4.69, 9.17) is 15.0 Å². The van der Waals surface area contributed by atoms with Crippen LogP contribution in [0.5, 0.6) is 0 Å². The second-order valence-electron chi connectivity index (χ2n) is 12.8. The molecule has 0 aliphatic carbocycles. The van der Waals surface area contributed by atoms with Crippen molar-refractivity contribution >= 4 is 43.6 Å². The molecule has 10 rings (SSSR count). The predicted molar refractivity (Wildman–Crippen MR) is 210 cm³/mol. The molecule has 0 spiro atoms. The molecule has 242 valence electrons. The standard InChI is InChI=1S/C46H28N6/c47-29-30-13-11-16-32(25-30)45-48-44(31-14-3-1-4-15-31)49-46(50-45)33-17-12-20-35(26-33)52-41-24-10-8-22-37(41)39-27-42-38(28-43(39)52)36-21-7-9-23-40(36)51(42)34-18-5-2-6-19-34/h1-28H. The van der Waals surface area contributed by atoms with E-state index in [0.29, 0.717) is 23.0 Å². The third-order valence-corrected chi connectivity index (χ3v) is 9.76. The summed E-state index contributed by atoms with van der Waals surface area (Å²) in [5.41, 5.74) is 9.79. The lowest BCUT2D eigenvalue weighted by molar-refractivity contribution is 1.07. The Labute approximate surface area is 299 Å². The van der Waals surface area contributed by atoms with Gasteiger partial charge in [0, 0.05) is 49.6 Å². The first-order valence-corrected chi connectivity index (χ1v) is 17.2. The Morgan fingerprint density at radius 3 is 1.44 bits per heavy atom. The molecule has 3 heterocycles. The van der Waals surface area contributed by atoms with E-state index in [0.717, 1.165) is 39.1 Å². The second-order valence-corrected chi connectivity index (χ2v) is 12.8. The smallest absolute Gasteiger partial charge is 0.164 e. The van der Waals surface area contributed by atoms with Gasteiger partial charge >= 0.3 is 0 Å². The van der Waals surface area contributed by atoms with Crippen molar-refractivity contribution in [1.82, 2.24) is 24.1 Å². The maximum atomic E-state index is 9.60. The van der Waals surface area contributed by atoms with Gasteiger partial charge in [0.2, 0.25) is 0 Å². The SMILES string of the molecule is N#Cc1cccc(-c2nc(-c3ccccc3)nc(-c3cccc(-n4c5ccccc5c5cc6c(cc54)c4ccccc4n6-c4ccccc4)c3)n2)c1. The van der Waals surface area contributed by atoms with Crippen molar-refractivity contribution in [1.29, 1.82) is 5.26 Å². The van der Waals surface area contributed by atoms with Crippen LogP contribution in [0.2, 0.25) is 0 Å². The maximum absolute atomic E-state index is 9.60. The van der Waals surface area contributed by atoms with E-state index in [9.17, 15) is 5.26 Å². The molecule has 0 saturated carbocycles. The number of rotatable bonds is 5. The van der Waals surface area contributed by atoms with Crippen molar-refractivity contribution < 1.29 is 0 Å². The number of hydrogen-bond acceptors (Lipinski definition) is 4. The van der Waals surface area contributed by atoms with Gasteiger partial charge < -0.3 is 9.13 Å². The molecule has 0 amide bonds. The highest BCUT2D eigenvalue weighted by atomic mass is 15.0. The predicted octanol–water partition coefficient (Wildman–Crippen LogP) is 10.9. The van der Waals surface area contributed by atoms with Gasteiger partial charge in [0.15, 0.2) is 17.5 Å². The minimum atomic E-state index is 0.514. The van der Waals surface area contributed by atoms with E-state index in [1.807, 2.05) is 54.6 Å². The van der Waals surface area contributed by atoms with Gasteiger partial charge in [-0.15, -0.1) is 0 Å². The fourth-order valence-corrected chi connectivity index (χ4v) is 7.43. The summed E-state index contributed by atoms with van der Waals surface area (Å²) in [5.74, 6) is 1.64. The van der Waals surface area contributed by atoms with Crippen LogP contribution in [0.15, 0.2) is 170 Å². The Balaban J connectivity index is 1.21. The monoisotopic (exact) mass is 664 g/mol. The molecule has 0 fully saturated rings. The van der Waals surface area contributed by atoms with Crippen molar-refractivity contribution in [2.75, 3.05) is 0 Å². The zero-order valence-electron chi connectivity index (χ0n) is 27.8. The van der Waals surface area contributed by atoms with Gasteiger partial charge in [0.1, 0.15) is 0 Å². The topological polar surface area (TPSA) is 72.3 Å². The van der Waals surface area contributed by atoms with Crippen molar-refractivity contribution in [3.63, 3.8) is 0 Å². The first-order valence-electron chi connectivity index (χ1n) is 17.2. The first-order chi connectivity index (χ1) is 25.7. The van der Waals surface area contributed by atoms with Crippen molar-refractivity contribution in [3.8, 4) is 51.6 Å². The van der Waals surface area contributed by atoms with E-state index < -0.39 is 0 Å². The maximum Gasteiger partial charge on any atom is 0.164 e. The van der Waals surface area contributed by atoms with Crippen molar-refractivity contribution in [2.45, 2.75) is 0 Å². The average Bonchev–Trinajstić information content (AvgIpc) is 3.72. The molecule has 0 bridgehead atoms. The van der Waals surface area contributed by atoms with E-state index in [1.54, 1.807) is 6.07 Å². The number of aromatic nitrogens is 5. The molecular formula is C46H28N6. The Kier molecular flexibility index (Phi) is 6.76. The summed E-state index contributed by atoms with van der Waals surface area (Å²) < 4.78 is 4.71. The third-order valence-electron chi connectivity index (χ3n) is 9.76. The summed E-state index contributed by atoms with van der Waals surface area (Å²) in [6.45, 7) is 0. The number of benzene rings is 7. The zero-order valence-corrected chi connectivity index (χ0v) is 27.8. The van der Waals surface area contributed by atoms with E-state index in [2.05, 4.69) is 124 Å². The second kappa shape index (κ2) is 11.9. The molecular weight excluding hydrogens is 637 g/mol. The van der Waals surface area contributed by atoms with Crippen LogP contribution in [-0.4, -0.2) is 24.1 Å². The normalized spacial score (nSPS) is 11.4. The average molecular weight is 665 g/mol. The largest absolute Gasteiger partial charge is 0.309 e. The highest BCUT2D eigenvalue weighted by Crippen LogP contribution is 2.40. The van der Waals surface area contributed by atoms with E-state index >= 15 is 0 Å². The highest BCUT2D eigenvalue weighted by molar-refractivity contribution is 6.19. The molecule has 52 heavy (non-hydrogen) atoms. The summed E-state index contributed by atoms with van der Waals surface area (Å²) in [6, 6.07) is 60.5. The molecule has 6 nitrogen and oxygen atoms in total. The Hall–Kier alpha value is -7.36. The number of nitrogens with zero attached hydrogens (tertiary/aromatic N) is 6. The van der Waals surface area contributed by atoms with Crippen molar-refractivity contribution in [2.24, 2.45) is 0 Å². The van der Waals surface area contributed by atoms with Crippen molar-refractivity contribution in [3.05, 3.63) is 175 Å². The van der Waals surface area contributed by atoms with Gasteiger partial charge in [-0.05, 0) is 60.7 Å². The highest BCUT2D eigenvalue weighted by Gasteiger charge is 2.19. The van der Waals surface area contributed by atoms with Gasteiger partial charge in [-0.1, -0.05) is 109 Å². The lowest BCUT2D eigenvalue weighted by Crippen LogP contribution is -2.01. The molecule has 0 radical (unpaired) electrons. The molecule has 6 heteroatoms. The molecule has 0 unspecified atom stereocenters. The van der Waals surface area contributed by atoms with Gasteiger partial charge in [-0.25, -0.2) is 15.0 Å². The van der Waals surface area contributed by atoms with Gasteiger partial charge in [-0.2, -0.15) is 5.26 Å². The van der Waals surface area contributed by atoms with E-state index in [1.165, 1.54) is 32.6 Å². The minimum Gasteiger partial charge on any atom is -0.309 e. The quantitative estimate of drug-likeness (QED) is 0.184. The van der Waals surface area contributed by atoms with Crippen LogP contribution in [-0.2, 0) is 0 Å². The fourth-order valence-electron chi connectivity index (χ4n) is 7.43. The first kappa shape index (κ1) is 29.5. The van der Waals surface area contributed by atoms with Crippen LogP contribution in [0.4, 0.5) is 0 Å². The number of para-hydroxylation sites is 3. The molecule has 0 N–H and O–H groups in total. The molecule has 7 aromatic carbocycles. The number of nitriles is 1. The molecule has 0 atom stereocenters. The number of fused-ring (bicyclic) bond motifs is 6. The van der Waals surface area contributed by atoms with Crippen LogP contribution in [0.25, 0.3) is 89.2 Å². The van der Waals surface area contributed by atoms with Gasteiger partial charge in [-0.3, -0.25) is 0 Å². The summed E-state index contributed by atoms with van der Waals surface area (Å²) in [7, 11) is 0. The molecule has 0 aliphatic rings. The molecule has 0 aliphatic heterocycles. The minimum absolute atomic E-state index is 0.514. The summed E-state index contributed by atoms with van der Waals surface area (Å²) in [5, 5.41) is 14.4. The summed E-state index contributed by atoms with van der Waals surface area (Å²) in [6.07, 6.45) is 0. The Bertz CT molecular complexity index is 3020. The number of hydrogen-bond donors (Lipinski definition) is 0. The van der Waals surface area contributed by atoms with Crippen LogP contribution >= 0.6 is 0 Å². The fraction of sp³-hybridized carbons (Fsp3) is 0. The van der Waals surface area contributed by atoms with Gasteiger partial charge in [0.25, 0.3) is 0 Å². The lowest BCUT2D eigenvalue weighted by atomic mass is 10.1. The molecule has 0 saturated heterocycles. The molecule has 10 aromatic rings. The van der Waals surface area contributed by atoms with Crippen LogP contribution < -0.4 is 0 Å². The lowest BCUT2D eigenvalue weighted by Gasteiger charge is -2.12. The summed E-state index contributed by atoms with van der Waals surface area (Å²) >= 11 is 0.